The van der Waals surface area contributed by atoms with Gasteiger partial charge in [-0.05, 0) is 37.8 Å². The van der Waals surface area contributed by atoms with Gasteiger partial charge in [0, 0.05) is 24.6 Å². The first kappa shape index (κ1) is 13.3. The number of thiophene rings is 1. The average Bonchev–Trinajstić information content (AvgIpc) is 2.69. The van der Waals surface area contributed by atoms with Gasteiger partial charge in [0.2, 0.25) is 0 Å². The molecule has 0 spiro atoms. The van der Waals surface area contributed by atoms with E-state index < -0.39 is 0 Å². The lowest BCUT2D eigenvalue weighted by Gasteiger charge is -2.26. The maximum absolute atomic E-state index is 9.07. The molecule has 3 N–H and O–H groups in total. The number of nitrogens with two attached hydrogens (primary N) is 1. The molecular formula is C13H19N3OS. The van der Waals surface area contributed by atoms with E-state index >= 15 is 0 Å². The van der Waals surface area contributed by atoms with Crippen LogP contribution >= 0.6 is 11.3 Å². The van der Waals surface area contributed by atoms with Crippen molar-refractivity contribution in [3.05, 3.63) is 16.0 Å². The predicted molar refractivity (Wildman–Crippen MR) is 73.4 cm³/mol. The SMILES string of the molecule is N#Cc1c(N)sc2c1CCN(CCCCCO)C2. The van der Waals surface area contributed by atoms with Crippen LogP contribution in [-0.2, 0) is 13.0 Å². The third-order valence-electron chi connectivity index (χ3n) is 3.41. The standard InChI is InChI=1S/C13H19N3OS/c14-8-11-10-4-6-16(5-2-1-3-7-17)9-12(10)18-13(11)15/h17H,1-7,9,15H2. The van der Waals surface area contributed by atoms with Crippen LogP contribution in [0.4, 0.5) is 5.00 Å². The van der Waals surface area contributed by atoms with Crippen LogP contribution in [0.2, 0.25) is 0 Å². The second kappa shape index (κ2) is 6.19. The topological polar surface area (TPSA) is 73.3 Å². The van der Waals surface area contributed by atoms with Crippen LogP contribution in [0, 0.1) is 11.3 Å². The minimum absolute atomic E-state index is 0.289. The van der Waals surface area contributed by atoms with E-state index in [9.17, 15) is 0 Å². The predicted octanol–water partition coefficient (Wildman–Crippen LogP) is 1.72. The third kappa shape index (κ3) is 2.83. The summed E-state index contributed by atoms with van der Waals surface area (Å²) in [6, 6.07) is 2.22. The van der Waals surface area contributed by atoms with Gasteiger partial charge in [0.1, 0.15) is 11.1 Å². The molecule has 1 aromatic heterocycles. The number of hydrogen-bond donors (Lipinski definition) is 2. The minimum Gasteiger partial charge on any atom is -0.396 e. The fourth-order valence-corrected chi connectivity index (χ4v) is 3.53. The van der Waals surface area contributed by atoms with Crippen molar-refractivity contribution in [1.29, 1.82) is 5.26 Å². The maximum atomic E-state index is 9.07. The van der Waals surface area contributed by atoms with Gasteiger partial charge >= 0.3 is 0 Å². The van der Waals surface area contributed by atoms with Crippen LogP contribution in [0.15, 0.2) is 0 Å². The highest BCUT2D eigenvalue weighted by molar-refractivity contribution is 7.16. The van der Waals surface area contributed by atoms with E-state index in [0.29, 0.717) is 10.6 Å². The van der Waals surface area contributed by atoms with Gasteiger partial charge in [0.15, 0.2) is 0 Å². The van der Waals surface area contributed by atoms with Crippen LogP contribution in [0.25, 0.3) is 0 Å². The van der Waals surface area contributed by atoms with Crippen molar-refractivity contribution in [3.8, 4) is 6.07 Å². The zero-order chi connectivity index (χ0) is 13.0. The first-order valence-corrected chi connectivity index (χ1v) is 7.21. The number of rotatable bonds is 5. The molecule has 0 fully saturated rings. The van der Waals surface area contributed by atoms with Crippen molar-refractivity contribution in [2.24, 2.45) is 0 Å². The molecule has 2 rings (SSSR count). The molecule has 0 saturated carbocycles. The summed E-state index contributed by atoms with van der Waals surface area (Å²) in [5.74, 6) is 0. The molecule has 0 atom stereocenters. The van der Waals surface area contributed by atoms with Gasteiger partial charge in [-0.2, -0.15) is 5.26 Å². The number of aliphatic hydroxyl groups is 1. The smallest absolute Gasteiger partial charge is 0.104 e. The van der Waals surface area contributed by atoms with E-state index in [1.54, 1.807) is 11.3 Å². The normalized spacial score (nSPS) is 15.3. The van der Waals surface area contributed by atoms with Crippen molar-refractivity contribution in [2.75, 3.05) is 25.4 Å². The second-order valence-electron chi connectivity index (χ2n) is 4.67. The summed E-state index contributed by atoms with van der Waals surface area (Å²) in [7, 11) is 0. The monoisotopic (exact) mass is 265 g/mol. The first-order chi connectivity index (χ1) is 8.76. The van der Waals surface area contributed by atoms with Crippen molar-refractivity contribution in [2.45, 2.75) is 32.2 Å². The van der Waals surface area contributed by atoms with E-state index in [-0.39, 0.29) is 6.61 Å². The lowest BCUT2D eigenvalue weighted by atomic mass is 10.0. The second-order valence-corrected chi connectivity index (χ2v) is 5.80. The van der Waals surface area contributed by atoms with E-state index in [2.05, 4.69) is 11.0 Å². The lowest BCUT2D eigenvalue weighted by Crippen LogP contribution is -2.30. The van der Waals surface area contributed by atoms with Crippen LogP contribution in [0.5, 0.6) is 0 Å². The van der Waals surface area contributed by atoms with Gasteiger partial charge < -0.3 is 10.8 Å². The Morgan fingerprint density at radius 2 is 2.22 bits per heavy atom. The van der Waals surface area contributed by atoms with Gasteiger partial charge in [-0.1, -0.05) is 0 Å². The van der Waals surface area contributed by atoms with Gasteiger partial charge in [-0.3, -0.25) is 4.90 Å². The van der Waals surface area contributed by atoms with E-state index in [4.69, 9.17) is 16.1 Å². The fraction of sp³-hybridized carbons (Fsp3) is 0.615. The summed E-state index contributed by atoms with van der Waals surface area (Å²) in [6.45, 7) is 3.29. The van der Waals surface area contributed by atoms with E-state index in [1.165, 1.54) is 10.4 Å². The molecule has 1 aromatic rings. The number of aliphatic hydroxyl groups excluding tert-OH is 1. The molecule has 0 aromatic carbocycles. The molecule has 0 unspecified atom stereocenters. The highest BCUT2D eigenvalue weighted by Gasteiger charge is 2.22. The Morgan fingerprint density at radius 1 is 1.39 bits per heavy atom. The highest BCUT2D eigenvalue weighted by atomic mass is 32.1. The lowest BCUT2D eigenvalue weighted by molar-refractivity contribution is 0.241. The number of nitriles is 1. The summed E-state index contributed by atoms with van der Waals surface area (Å²) in [6.07, 6.45) is 4.04. The highest BCUT2D eigenvalue weighted by Crippen LogP contribution is 2.34. The number of hydrogen-bond acceptors (Lipinski definition) is 5. The number of nitrogens with zero attached hydrogens (tertiary/aromatic N) is 2. The Bertz CT molecular complexity index is 450. The maximum Gasteiger partial charge on any atom is 0.104 e. The van der Waals surface area contributed by atoms with E-state index in [0.717, 1.165) is 45.3 Å². The third-order valence-corrected chi connectivity index (χ3v) is 4.45. The Balaban J connectivity index is 1.92. The Labute approximate surface area is 112 Å². The van der Waals surface area contributed by atoms with E-state index in [1.807, 2.05) is 0 Å². The molecule has 18 heavy (non-hydrogen) atoms. The quantitative estimate of drug-likeness (QED) is 0.795. The minimum atomic E-state index is 0.289. The van der Waals surface area contributed by atoms with Crippen LogP contribution in [0.3, 0.4) is 0 Å². The van der Waals surface area contributed by atoms with Crippen molar-refractivity contribution < 1.29 is 5.11 Å². The molecule has 0 bridgehead atoms. The van der Waals surface area contributed by atoms with Crippen molar-refractivity contribution in [1.82, 2.24) is 4.90 Å². The Morgan fingerprint density at radius 3 is 2.94 bits per heavy atom. The van der Waals surface area contributed by atoms with Crippen molar-refractivity contribution in [3.63, 3.8) is 0 Å². The van der Waals surface area contributed by atoms with Crippen LogP contribution < -0.4 is 5.73 Å². The van der Waals surface area contributed by atoms with Gasteiger partial charge in [-0.25, -0.2) is 0 Å². The first-order valence-electron chi connectivity index (χ1n) is 6.39. The molecular weight excluding hydrogens is 246 g/mol. The van der Waals surface area contributed by atoms with Crippen LogP contribution in [0.1, 0.15) is 35.3 Å². The molecule has 0 aliphatic carbocycles. The zero-order valence-corrected chi connectivity index (χ0v) is 11.3. The fourth-order valence-electron chi connectivity index (χ4n) is 2.42. The summed E-state index contributed by atoms with van der Waals surface area (Å²) in [5, 5.41) is 18.5. The molecule has 0 amide bonds. The van der Waals surface area contributed by atoms with Gasteiger partial charge in [0.05, 0.1) is 5.56 Å². The van der Waals surface area contributed by atoms with Crippen LogP contribution in [-0.4, -0.2) is 29.7 Å². The molecule has 1 aliphatic heterocycles. The molecule has 98 valence electrons. The summed E-state index contributed by atoms with van der Waals surface area (Å²) >= 11 is 1.56. The average molecular weight is 265 g/mol. The summed E-state index contributed by atoms with van der Waals surface area (Å²) < 4.78 is 0. The molecule has 2 heterocycles. The molecule has 4 nitrogen and oxygen atoms in total. The molecule has 1 aliphatic rings. The van der Waals surface area contributed by atoms with Crippen molar-refractivity contribution >= 4 is 16.3 Å². The number of nitrogen functional groups attached to an aromatic ring is 1. The number of anilines is 1. The Hall–Kier alpha value is -1.09. The largest absolute Gasteiger partial charge is 0.396 e. The number of fused-ring (bicyclic) bond motifs is 1. The van der Waals surface area contributed by atoms with Gasteiger partial charge in [0.25, 0.3) is 0 Å². The molecule has 0 saturated heterocycles. The molecule has 0 radical (unpaired) electrons. The summed E-state index contributed by atoms with van der Waals surface area (Å²) in [4.78, 5) is 3.68. The zero-order valence-electron chi connectivity index (χ0n) is 10.5. The number of unbranched alkanes of at least 4 members (excludes halogenated alkanes) is 2. The Kier molecular flexibility index (Phi) is 4.59. The summed E-state index contributed by atoms with van der Waals surface area (Å²) in [5.41, 5.74) is 7.74. The van der Waals surface area contributed by atoms with Gasteiger partial charge in [-0.15, -0.1) is 11.3 Å². The molecule has 5 heteroatoms.